The highest BCUT2D eigenvalue weighted by Crippen LogP contribution is 2.47. The van der Waals surface area contributed by atoms with E-state index in [-0.39, 0.29) is 17.9 Å². The van der Waals surface area contributed by atoms with Crippen molar-refractivity contribution in [1.82, 2.24) is 0 Å². The van der Waals surface area contributed by atoms with Gasteiger partial charge in [0.25, 0.3) is 5.78 Å². The van der Waals surface area contributed by atoms with Gasteiger partial charge in [-0.1, -0.05) is 74.9 Å². The second kappa shape index (κ2) is 7.81. The van der Waals surface area contributed by atoms with Crippen molar-refractivity contribution in [3.05, 3.63) is 59.7 Å². The van der Waals surface area contributed by atoms with Gasteiger partial charge in [-0.05, 0) is 37.0 Å². The van der Waals surface area contributed by atoms with E-state index in [0.29, 0.717) is 11.5 Å². The fourth-order valence-electron chi connectivity index (χ4n) is 3.44. The zero-order chi connectivity index (χ0) is 18.6. The van der Waals surface area contributed by atoms with Crippen LogP contribution in [0.3, 0.4) is 0 Å². The Hall–Kier alpha value is -2.16. The molecule has 0 N–H and O–H groups in total. The summed E-state index contributed by atoms with van der Waals surface area (Å²) < 4.78 is 5.21. The molecule has 2 atom stereocenters. The Bertz CT molecular complexity index is 682. The van der Waals surface area contributed by atoms with Gasteiger partial charge in [0.05, 0.1) is 6.61 Å². The first kappa shape index (κ1) is 19.2. The molecule has 3 heteroatoms. The van der Waals surface area contributed by atoms with Gasteiger partial charge in [-0.15, -0.1) is 0 Å². The van der Waals surface area contributed by atoms with Crippen LogP contribution in [-0.2, 0) is 9.53 Å². The molecule has 0 fully saturated rings. The largest absolute Gasteiger partial charge is 0.459 e. The topological polar surface area (TPSA) is 43.4 Å². The average Bonchev–Trinajstić information content (AvgIpc) is 2.86. The maximum Gasteiger partial charge on any atom is 0.379 e. The Morgan fingerprint density at radius 2 is 1.92 bits per heavy atom. The van der Waals surface area contributed by atoms with Crippen LogP contribution in [0.1, 0.15) is 50.9 Å². The standard InChI is InChI=1S/C22H28O3/c1-15(13-16(2)19-12-11-17(3)22(19,4)5)14-25-21(24)20(23)18-9-7-6-8-10-18/h6-11,15,19H,2,12-14H2,1,3-5H3. The SMILES string of the molecule is C=C(CC(C)COC(=O)C(=O)c1ccccc1)C1CC=C(C)C1(C)C. The Labute approximate surface area is 150 Å². The predicted molar refractivity (Wildman–Crippen MR) is 100 cm³/mol. The number of allylic oxidation sites excluding steroid dienone is 3. The fraction of sp³-hybridized carbons (Fsp3) is 0.455. The zero-order valence-electron chi connectivity index (χ0n) is 15.7. The van der Waals surface area contributed by atoms with Crippen molar-refractivity contribution in [2.75, 3.05) is 6.61 Å². The van der Waals surface area contributed by atoms with E-state index in [0.717, 1.165) is 12.8 Å². The maximum absolute atomic E-state index is 12.0. The number of Topliss-reactive ketones (excluding diaryl/α,β-unsaturated/α-hetero) is 1. The molecule has 0 saturated carbocycles. The first-order chi connectivity index (χ1) is 11.7. The molecule has 2 rings (SSSR count). The molecule has 0 aromatic heterocycles. The van der Waals surface area contributed by atoms with Gasteiger partial charge in [0.1, 0.15) is 0 Å². The molecule has 2 unspecified atom stereocenters. The van der Waals surface area contributed by atoms with Crippen LogP contribution < -0.4 is 0 Å². The smallest absolute Gasteiger partial charge is 0.379 e. The molecule has 0 heterocycles. The highest BCUT2D eigenvalue weighted by molar-refractivity contribution is 6.40. The van der Waals surface area contributed by atoms with Crippen LogP contribution in [0.25, 0.3) is 0 Å². The number of ether oxygens (including phenoxy) is 1. The van der Waals surface area contributed by atoms with E-state index >= 15 is 0 Å². The number of esters is 1. The number of hydrogen-bond acceptors (Lipinski definition) is 3. The summed E-state index contributed by atoms with van der Waals surface area (Å²) in [5.41, 5.74) is 3.09. The Kier molecular flexibility index (Phi) is 5.99. The number of ketones is 1. The Balaban J connectivity index is 1.83. The van der Waals surface area contributed by atoms with Crippen LogP contribution in [0, 0.1) is 17.3 Å². The van der Waals surface area contributed by atoms with Crippen molar-refractivity contribution in [3.8, 4) is 0 Å². The summed E-state index contributed by atoms with van der Waals surface area (Å²) >= 11 is 0. The molecule has 0 amide bonds. The summed E-state index contributed by atoms with van der Waals surface area (Å²) in [7, 11) is 0. The van der Waals surface area contributed by atoms with Gasteiger partial charge in [-0.25, -0.2) is 4.79 Å². The van der Waals surface area contributed by atoms with Crippen molar-refractivity contribution in [3.63, 3.8) is 0 Å². The van der Waals surface area contributed by atoms with Crippen LogP contribution in [0.4, 0.5) is 0 Å². The monoisotopic (exact) mass is 340 g/mol. The van der Waals surface area contributed by atoms with Gasteiger partial charge in [-0.2, -0.15) is 0 Å². The lowest BCUT2D eigenvalue weighted by atomic mass is 9.73. The summed E-state index contributed by atoms with van der Waals surface area (Å²) in [4.78, 5) is 23.9. The second-order valence-electron chi connectivity index (χ2n) is 7.66. The van der Waals surface area contributed by atoms with E-state index in [1.165, 1.54) is 11.1 Å². The van der Waals surface area contributed by atoms with E-state index in [1.807, 2.05) is 6.92 Å². The summed E-state index contributed by atoms with van der Waals surface area (Å²) in [5, 5.41) is 0. The first-order valence-electron chi connectivity index (χ1n) is 8.85. The Morgan fingerprint density at radius 1 is 1.28 bits per heavy atom. The van der Waals surface area contributed by atoms with E-state index < -0.39 is 11.8 Å². The average molecular weight is 340 g/mol. The molecule has 1 aliphatic carbocycles. The third-order valence-electron chi connectivity index (χ3n) is 5.37. The molecule has 134 valence electrons. The van der Waals surface area contributed by atoms with Crippen LogP contribution in [0.2, 0.25) is 0 Å². The molecular formula is C22H28O3. The van der Waals surface area contributed by atoms with Gasteiger partial charge in [0.2, 0.25) is 0 Å². The van der Waals surface area contributed by atoms with Gasteiger partial charge >= 0.3 is 5.97 Å². The van der Waals surface area contributed by atoms with E-state index in [1.54, 1.807) is 30.3 Å². The third kappa shape index (κ3) is 4.47. The summed E-state index contributed by atoms with van der Waals surface area (Å²) in [6.45, 7) is 13.2. The zero-order valence-corrected chi connectivity index (χ0v) is 15.7. The highest BCUT2D eigenvalue weighted by Gasteiger charge is 2.36. The minimum atomic E-state index is -0.789. The van der Waals surface area contributed by atoms with E-state index in [9.17, 15) is 9.59 Å². The lowest BCUT2D eigenvalue weighted by Gasteiger charge is -2.32. The van der Waals surface area contributed by atoms with Crippen LogP contribution in [0.5, 0.6) is 0 Å². The molecule has 1 aromatic rings. The van der Waals surface area contributed by atoms with Crippen molar-refractivity contribution in [2.24, 2.45) is 17.3 Å². The van der Waals surface area contributed by atoms with Crippen LogP contribution in [-0.4, -0.2) is 18.4 Å². The van der Waals surface area contributed by atoms with Crippen molar-refractivity contribution in [1.29, 1.82) is 0 Å². The fourth-order valence-corrected chi connectivity index (χ4v) is 3.44. The molecular weight excluding hydrogens is 312 g/mol. The van der Waals surface area contributed by atoms with Crippen molar-refractivity contribution in [2.45, 2.75) is 40.5 Å². The van der Waals surface area contributed by atoms with E-state index in [4.69, 9.17) is 4.74 Å². The highest BCUT2D eigenvalue weighted by atomic mass is 16.5. The number of rotatable bonds is 7. The van der Waals surface area contributed by atoms with Gasteiger partial charge < -0.3 is 4.74 Å². The summed E-state index contributed by atoms with van der Waals surface area (Å²) in [6.07, 6.45) is 4.11. The lowest BCUT2D eigenvalue weighted by Crippen LogP contribution is -2.24. The lowest BCUT2D eigenvalue weighted by molar-refractivity contribution is -0.139. The van der Waals surface area contributed by atoms with Crippen molar-refractivity contribution >= 4 is 11.8 Å². The number of benzene rings is 1. The van der Waals surface area contributed by atoms with Crippen LogP contribution in [0.15, 0.2) is 54.1 Å². The molecule has 0 aliphatic heterocycles. The summed E-state index contributed by atoms with van der Waals surface area (Å²) in [5.74, 6) is -0.820. The van der Waals surface area contributed by atoms with Crippen LogP contribution >= 0.6 is 0 Å². The molecule has 25 heavy (non-hydrogen) atoms. The van der Waals surface area contributed by atoms with E-state index in [2.05, 4.69) is 33.4 Å². The maximum atomic E-state index is 12.0. The molecule has 3 nitrogen and oxygen atoms in total. The number of hydrogen-bond donors (Lipinski definition) is 0. The third-order valence-corrected chi connectivity index (χ3v) is 5.37. The number of carbonyl (C=O) groups is 2. The predicted octanol–water partition coefficient (Wildman–Crippen LogP) is 4.99. The summed E-state index contributed by atoms with van der Waals surface area (Å²) in [6, 6.07) is 8.49. The molecule has 0 spiro atoms. The second-order valence-corrected chi connectivity index (χ2v) is 7.66. The molecule has 1 aromatic carbocycles. The minimum Gasteiger partial charge on any atom is -0.459 e. The first-order valence-corrected chi connectivity index (χ1v) is 8.85. The minimum absolute atomic E-state index is 0.136. The molecule has 0 radical (unpaired) electrons. The molecule has 1 aliphatic rings. The molecule has 0 saturated heterocycles. The Morgan fingerprint density at radius 3 is 2.48 bits per heavy atom. The van der Waals surface area contributed by atoms with Crippen molar-refractivity contribution < 1.29 is 14.3 Å². The van der Waals surface area contributed by atoms with Gasteiger partial charge in [-0.3, -0.25) is 4.79 Å². The van der Waals surface area contributed by atoms with Gasteiger partial charge in [0.15, 0.2) is 0 Å². The number of carbonyl (C=O) groups excluding carboxylic acids is 2. The van der Waals surface area contributed by atoms with Gasteiger partial charge in [0, 0.05) is 5.56 Å². The normalized spacial score (nSPS) is 19.8. The molecule has 0 bridgehead atoms. The quantitative estimate of drug-likeness (QED) is 0.304.